The molecule has 0 aromatic heterocycles. The third kappa shape index (κ3) is 9.30. The summed E-state index contributed by atoms with van der Waals surface area (Å²) in [4.78, 5) is 48.4. The number of hydrogen-bond donors (Lipinski definition) is 4. The van der Waals surface area contributed by atoms with Gasteiger partial charge in [0.1, 0.15) is 19.5 Å². The molecule has 0 aliphatic rings. The zero-order valence-electron chi connectivity index (χ0n) is 18.5. The molecule has 1 aromatic carbocycles. The van der Waals surface area contributed by atoms with Crippen LogP contribution in [0.3, 0.4) is 0 Å². The van der Waals surface area contributed by atoms with Gasteiger partial charge in [0.15, 0.2) is 0 Å². The molecule has 0 saturated heterocycles. The van der Waals surface area contributed by atoms with Crippen molar-refractivity contribution < 1.29 is 25.7 Å². The molecule has 0 fully saturated rings. The van der Waals surface area contributed by atoms with Crippen molar-refractivity contribution in [2.75, 3.05) is 12.0 Å². The first-order chi connectivity index (χ1) is 14.6. The van der Waals surface area contributed by atoms with Crippen LogP contribution in [-0.2, 0) is 25.6 Å². The zero-order chi connectivity index (χ0) is 23.4. The van der Waals surface area contributed by atoms with Crippen molar-refractivity contribution in [3.63, 3.8) is 0 Å². The van der Waals surface area contributed by atoms with Crippen LogP contribution in [0.15, 0.2) is 30.3 Å². The van der Waals surface area contributed by atoms with Crippen LogP contribution < -0.4 is 16.0 Å². The van der Waals surface area contributed by atoms with Crippen LogP contribution in [0.25, 0.3) is 0 Å². The van der Waals surface area contributed by atoms with Gasteiger partial charge in [-0.15, -0.1) is 0 Å². The fourth-order valence-electron chi connectivity index (χ4n) is 2.87. The molecule has 1 aromatic rings. The second-order valence-electron chi connectivity index (χ2n) is 7.36. The van der Waals surface area contributed by atoms with Crippen LogP contribution in [0, 0.1) is 5.92 Å². The molecule has 0 spiro atoms. The lowest BCUT2D eigenvalue weighted by Crippen LogP contribution is -2.55. The predicted octanol–water partition coefficient (Wildman–Crippen LogP) is 1.20. The van der Waals surface area contributed by atoms with Crippen LogP contribution in [0.1, 0.15) is 33.6 Å². The molecule has 9 heteroatoms. The smallest absolute Gasteiger partial charge is 0.326 e. The van der Waals surface area contributed by atoms with Gasteiger partial charge in [0.25, 0.3) is 0 Å². The first kappa shape index (κ1) is 23.7. The maximum Gasteiger partial charge on any atom is 0.326 e. The van der Waals surface area contributed by atoms with Crippen molar-refractivity contribution in [3.05, 3.63) is 35.9 Å². The molecule has 0 aliphatic carbocycles. The lowest BCUT2D eigenvalue weighted by Gasteiger charge is -2.25. The van der Waals surface area contributed by atoms with Crippen molar-refractivity contribution in [1.82, 2.24) is 16.0 Å². The SMILES string of the molecule is [2H]C(=O)N[C@@H](CCSC)C(=O)N[C@@H](CC(C)C)C(=O)N[C@@H](Cc1ccccc1)C(=O)O. The Balaban J connectivity index is 2.91. The van der Waals surface area contributed by atoms with Gasteiger partial charge in [0.2, 0.25) is 18.2 Å². The molecule has 0 bridgehead atoms. The highest BCUT2D eigenvalue weighted by Gasteiger charge is 2.29. The maximum atomic E-state index is 12.9. The Morgan fingerprint density at radius 1 is 1.10 bits per heavy atom. The number of carboxylic acid groups (broad SMARTS) is 1. The highest BCUT2D eigenvalue weighted by Crippen LogP contribution is 2.09. The van der Waals surface area contributed by atoms with Crippen LogP contribution in [0.5, 0.6) is 0 Å². The summed E-state index contributed by atoms with van der Waals surface area (Å²) in [7, 11) is 0. The molecular weight excluding hydrogens is 406 g/mol. The number of rotatable bonds is 13. The van der Waals surface area contributed by atoms with Gasteiger partial charge in [-0.05, 0) is 36.3 Å². The number of hydrogen-bond acceptors (Lipinski definition) is 5. The lowest BCUT2D eigenvalue weighted by molar-refractivity contribution is -0.142. The molecule has 0 heterocycles. The summed E-state index contributed by atoms with van der Waals surface area (Å²) in [6, 6.07) is 5.87. The quantitative estimate of drug-likeness (QED) is 0.343. The van der Waals surface area contributed by atoms with Gasteiger partial charge in [-0.3, -0.25) is 14.4 Å². The van der Waals surface area contributed by atoms with Gasteiger partial charge in [-0.25, -0.2) is 4.79 Å². The van der Waals surface area contributed by atoms with E-state index in [9.17, 15) is 24.3 Å². The Labute approximate surface area is 183 Å². The Morgan fingerprint density at radius 3 is 2.23 bits per heavy atom. The molecule has 3 atom stereocenters. The van der Waals surface area contributed by atoms with E-state index in [-0.39, 0.29) is 12.3 Å². The van der Waals surface area contributed by atoms with Gasteiger partial charge < -0.3 is 21.1 Å². The highest BCUT2D eigenvalue weighted by atomic mass is 32.2. The summed E-state index contributed by atoms with van der Waals surface area (Å²) in [5.41, 5.74) is 0.759. The molecule has 0 radical (unpaired) electrons. The predicted molar refractivity (Wildman–Crippen MR) is 117 cm³/mol. The van der Waals surface area contributed by atoms with E-state index in [1.54, 1.807) is 24.3 Å². The lowest BCUT2D eigenvalue weighted by atomic mass is 10.0. The number of aliphatic carboxylic acids is 1. The largest absolute Gasteiger partial charge is 0.480 e. The normalized spacial score (nSPS) is 14.2. The number of carboxylic acids is 1. The fraction of sp³-hybridized carbons (Fsp3) is 0.524. The van der Waals surface area contributed by atoms with Gasteiger partial charge in [-0.2, -0.15) is 11.8 Å². The Bertz CT molecular complexity index is 748. The second kappa shape index (κ2) is 13.6. The average Bonchev–Trinajstić information content (AvgIpc) is 2.70. The van der Waals surface area contributed by atoms with E-state index < -0.39 is 42.3 Å². The van der Waals surface area contributed by atoms with E-state index in [0.717, 1.165) is 5.56 Å². The summed E-state index contributed by atoms with van der Waals surface area (Å²) in [5, 5.41) is 17.0. The molecule has 1 rings (SSSR count). The van der Waals surface area contributed by atoms with Gasteiger partial charge in [0.05, 0.1) is 0 Å². The van der Waals surface area contributed by atoms with E-state index in [0.29, 0.717) is 18.6 Å². The monoisotopic (exact) mass is 438 g/mol. The standard InChI is InChI=1S/C21H31N3O5S/c1-14(2)11-17(23-19(26)16(22-13-25)9-10-30-3)20(27)24-18(21(28)29)12-15-7-5-4-6-8-15/h4-8,13-14,16-18H,9-12H2,1-3H3,(H,22,25)(H,23,26)(H,24,27)(H,28,29)/t16-,17-,18-/m0/s1/i13D. The maximum absolute atomic E-state index is 12.9. The van der Waals surface area contributed by atoms with E-state index in [4.69, 9.17) is 1.37 Å². The summed E-state index contributed by atoms with van der Waals surface area (Å²) < 4.78 is 7.08. The first-order valence-corrected chi connectivity index (χ1v) is 11.2. The van der Waals surface area contributed by atoms with Gasteiger partial charge in [-0.1, -0.05) is 44.2 Å². The van der Waals surface area contributed by atoms with Crippen LogP contribution in [0.4, 0.5) is 0 Å². The molecule has 0 unspecified atom stereocenters. The number of benzene rings is 1. The summed E-state index contributed by atoms with van der Waals surface area (Å²) in [5.74, 6) is -1.73. The van der Waals surface area contributed by atoms with E-state index >= 15 is 0 Å². The molecule has 0 saturated carbocycles. The molecule has 30 heavy (non-hydrogen) atoms. The molecular formula is C21H31N3O5S. The summed E-state index contributed by atoms with van der Waals surface area (Å²) >= 11 is 1.49. The molecule has 8 nitrogen and oxygen atoms in total. The molecule has 4 N–H and O–H groups in total. The minimum absolute atomic E-state index is 0.0452. The number of carbonyl (C=O) groups is 4. The number of amides is 3. The van der Waals surface area contributed by atoms with Gasteiger partial charge >= 0.3 is 5.97 Å². The molecule has 166 valence electrons. The van der Waals surface area contributed by atoms with Crippen LogP contribution in [-0.4, -0.2) is 59.4 Å². The summed E-state index contributed by atoms with van der Waals surface area (Å²) in [6.07, 6.45) is 1.47. The average molecular weight is 439 g/mol. The number of carbonyl (C=O) groups excluding carboxylic acids is 3. The minimum atomic E-state index is -1.17. The Kier molecular flexibility index (Phi) is 10.8. The topological polar surface area (TPSA) is 125 Å². The van der Waals surface area contributed by atoms with E-state index in [1.165, 1.54) is 11.8 Å². The van der Waals surface area contributed by atoms with Crippen LogP contribution >= 0.6 is 11.8 Å². The molecule has 3 amide bonds. The van der Waals surface area contributed by atoms with E-state index in [1.807, 2.05) is 26.2 Å². The van der Waals surface area contributed by atoms with Crippen molar-refractivity contribution in [2.45, 2.75) is 51.2 Å². The van der Waals surface area contributed by atoms with Crippen molar-refractivity contribution >= 4 is 35.9 Å². The Hall–Kier alpha value is -2.55. The second-order valence-corrected chi connectivity index (χ2v) is 8.35. The fourth-order valence-corrected chi connectivity index (χ4v) is 3.34. The zero-order valence-corrected chi connectivity index (χ0v) is 18.3. The highest BCUT2D eigenvalue weighted by molar-refractivity contribution is 7.98. The Morgan fingerprint density at radius 2 is 1.70 bits per heavy atom. The third-order valence-electron chi connectivity index (χ3n) is 4.40. The van der Waals surface area contributed by atoms with Crippen molar-refractivity contribution in [2.24, 2.45) is 5.92 Å². The van der Waals surface area contributed by atoms with E-state index in [2.05, 4.69) is 16.0 Å². The van der Waals surface area contributed by atoms with Crippen molar-refractivity contribution in [3.8, 4) is 0 Å². The molecule has 0 aliphatic heterocycles. The van der Waals surface area contributed by atoms with Crippen molar-refractivity contribution in [1.29, 1.82) is 0 Å². The van der Waals surface area contributed by atoms with Crippen LogP contribution in [0.2, 0.25) is 0 Å². The number of thioether (sulfide) groups is 1. The number of nitrogens with one attached hydrogen (secondary N) is 3. The third-order valence-corrected chi connectivity index (χ3v) is 5.04. The summed E-state index contributed by atoms with van der Waals surface area (Å²) in [6.45, 7) is 3.75. The first-order valence-electron chi connectivity index (χ1n) is 10.3. The minimum Gasteiger partial charge on any atom is -0.480 e. The van der Waals surface area contributed by atoms with Gasteiger partial charge in [0, 0.05) is 6.42 Å².